The highest BCUT2D eigenvalue weighted by molar-refractivity contribution is 6.05. The van der Waals surface area contributed by atoms with Crippen LogP contribution in [0.1, 0.15) is 31.9 Å². The molecule has 2 aromatic heterocycles. The Balaban J connectivity index is 1.62. The predicted octanol–water partition coefficient (Wildman–Crippen LogP) is 4.76. The number of para-hydroxylation sites is 1. The van der Waals surface area contributed by atoms with Crippen molar-refractivity contribution in [3.63, 3.8) is 0 Å². The van der Waals surface area contributed by atoms with Gasteiger partial charge in [0.2, 0.25) is 0 Å². The summed E-state index contributed by atoms with van der Waals surface area (Å²) in [7, 11) is 0. The normalized spacial score (nSPS) is 12.2. The van der Waals surface area contributed by atoms with Crippen molar-refractivity contribution in [1.82, 2.24) is 14.9 Å². The van der Waals surface area contributed by atoms with E-state index in [0.29, 0.717) is 23.7 Å². The van der Waals surface area contributed by atoms with Crippen LogP contribution in [0.15, 0.2) is 58.3 Å². The standard InChI is InChI=1S/C23H25N5O2/c1-4-28(5-2)13-17-12-16(10-11-19(17)29)15(3)26-27-23-22-21(24-14-25-23)18-8-6-7-9-20(18)30-22/h6-12,14,29H,4-5,13H2,1-3H3,(H,24,25,27)/b26-15+. The Morgan fingerprint density at radius 2 is 1.93 bits per heavy atom. The summed E-state index contributed by atoms with van der Waals surface area (Å²) < 4.78 is 5.93. The van der Waals surface area contributed by atoms with Crippen molar-refractivity contribution in [2.75, 3.05) is 18.5 Å². The fourth-order valence-electron chi connectivity index (χ4n) is 3.43. The Hall–Kier alpha value is -3.45. The Morgan fingerprint density at radius 3 is 2.73 bits per heavy atom. The molecule has 0 saturated heterocycles. The number of hydrogen-bond acceptors (Lipinski definition) is 7. The Labute approximate surface area is 175 Å². The summed E-state index contributed by atoms with van der Waals surface area (Å²) in [5, 5.41) is 15.7. The molecule has 4 rings (SSSR count). The van der Waals surface area contributed by atoms with Crippen LogP contribution < -0.4 is 5.43 Å². The fourth-order valence-corrected chi connectivity index (χ4v) is 3.43. The lowest BCUT2D eigenvalue weighted by Gasteiger charge is -2.19. The number of furan rings is 1. The third kappa shape index (κ3) is 3.84. The average molecular weight is 403 g/mol. The highest BCUT2D eigenvalue weighted by Crippen LogP contribution is 2.30. The van der Waals surface area contributed by atoms with E-state index in [1.807, 2.05) is 43.3 Å². The van der Waals surface area contributed by atoms with Crippen molar-refractivity contribution in [3.8, 4) is 5.75 Å². The van der Waals surface area contributed by atoms with Crippen molar-refractivity contribution >= 4 is 33.6 Å². The van der Waals surface area contributed by atoms with Crippen LogP contribution in [0.5, 0.6) is 5.75 Å². The summed E-state index contributed by atoms with van der Waals surface area (Å²) >= 11 is 0. The van der Waals surface area contributed by atoms with E-state index in [9.17, 15) is 5.11 Å². The number of fused-ring (bicyclic) bond motifs is 3. The van der Waals surface area contributed by atoms with Gasteiger partial charge >= 0.3 is 0 Å². The van der Waals surface area contributed by atoms with Gasteiger partial charge in [0.1, 0.15) is 23.2 Å². The van der Waals surface area contributed by atoms with Crippen LogP contribution in [0, 0.1) is 0 Å². The second-order valence-electron chi connectivity index (χ2n) is 7.11. The maximum Gasteiger partial charge on any atom is 0.197 e. The molecule has 7 nitrogen and oxygen atoms in total. The highest BCUT2D eigenvalue weighted by Gasteiger charge is 2.13. The summed E-state index contributed by atoms with van der Waals surface area (Å²) in [5.41, 5.74) is 7.69. The van der Waals surface area contributed by atoms with Gasteiger partial charge in [0, 0.05) is 17.5 Å². The van der Waals surface area contributed by atoms with Crippen LogP contribution >= 0.6 is 0 Å². The first-order chi connectivity index (χ1) is 14.6. The first-order valence-corrected chi connectivity index (χ1v) is 10.1. The summed E-state index contributed by atoms with van der Waals surface area (Å²) in [6.07, 6.45) is 1.50. The summed E-state index contributed by atoms with van der Waals surface area (Å²) in [6.45, 7) is 8.69. The maximum atomic E-state index is 10.2. The minimum atomic E-state index is 0.297. The smallest absolute Gasteiger partial charge is 0.197 e. The molecule has 0 bridgehead atoms. The molecule has 0 amide bonds. The molecule has 0 radical (unpaired) electrons. The van der Waals surface area contributed by atoms with Crippen molar-refractivity contribution in [2.24, 2.45) is 5.10 Å². The van der Waals surface area contributed by atoms with Gasteiger partial charge in [0.25, 0.3) is 0 Å². The lowest BCUT2D eigenvalue weighted by molar-refractivity contribution is 0.291. The molecule has 0 aliphatic rings. The summed E-state index contributed by atoms with van der Waals surface area (Å²) in [5.74, 6) is 0.809. The van der Waals surface area contributed by atoms with Crippen LogP contribution in [0.2, 0.25) is 0 Å². The van der Waals surface area contributed by atoms with Gasteiger partial charge in [-0.2, -0.15) is 5.10 Å². The molecule has 0 saturated carbocycles. The Kier molecular flexibility index (Phi) is 5.63. The zero-order chi connectivity index (χ0) is 21.1. The molecule has 0 spiro atoms. The van der Waals surface area contributed by atoms with Gasteiger partial charge in [-0.25, -0.2) is 9.97 Å². The van der Waals surface area contributed by atoms with E-state index in [1.54, 1.807) is 6.07 Å². The molecule has 0 aliphatic heterocycles. The molecule has 2 aromatic carbocycles. The minimum absolute atomic E-state index is 0.297. The zero-order valence-corrected chi connectivity index (χ0v) is 17.4. The molecule has 7 heteroatoms. The number of hydrogen-bond donors (Lipinski definition) is 2. The molecular formula is C23H25N5O2. The van der Waals surface area contributed by atoms with E-state index < -0.39 is 0 Å². The summed E-state index contributed by atoms with van der Waals surface area (Å²) in [6, 6.07) is 13.3. The number of hydrazone groups is 1. The first kappa shape index (κ1) is 19.8. The molecule has 154 valence electrons. The van der Waals surface area contributed by atoms with E-state index in [0.717, 1.165) is 46.4 Å². The largest absolute Gasteiger partial charge is 0.508 e. The SMILES string of the molecule is CCN(CC)Cc1cc(/C(C)=N/Nc2ncnc3c2oc2ccccc23)ccc1O. The van der Waals surface area contributed by atoms with Crippen LogP contribution in [-0.2, 0) is 6.54 Å². The van der Waals surface area contributed by atoms with E-state index in [-0.39, 0.29) is 0 Å². The zero-order valence-electron chi connectivity index (χ0n) is 17.4. The summed E-state index contributed by atoms with van der Waals surface area (Å²) in [4.78, 5) is 10.9. The second kappa shape index (κ2) is 8.51. The maximum absolute atomic E-state index is 10.2. The number of phenolic OH excluding ortho intramolecular Hbond substituents is 1. The number of benzene rings is 2. The number of rotatable bonds is 7. The number of phenols is 1. The highest BCUT2D eigenvalue weighted by atomic mass is 16.3. The molecule has 2 heterocycles. The third-order valence-electron chi connectivity index (χ3n) is 5.27. The van der Waals surface area contributed by atoms with Crippen molar-refractivity contribution in [2.45, 2.75) is 27.3 Å². The topological polar surface area (TPSA) is 86.8 Å². The minimum Gasteiger partial charge on any atom is -0.508 e. The molecule has 0 aliphatic carbocycles. The number of anilines is 1. The average Bonchev–Trinajstić information content (AvgIpc) is 3.16. The van der Waals surface area contributed by atoms with Crippen molar-refractivity contribution in [3.05, 3.63) is 59.9 Å². The number of nitrogens with zero attached hydrogens (tertiary/aromatic N) is 4. The van der Waals surface area contributed by atoms with Crippen molar-refractivity contribution in [1.29, 1.82) is 0 Å². The predicted molar refractivity (Wildman–Crippen MR) is 120 cm³/mol. The Morgan fingerprint density at radius 1 is 1.13 bits per heavy atom. The van der Waals surface area contributed by atoms with Gasteiger partial charge in [-0.1, -0.05) is 26.0 Å². The third-order valence-corrected chi connectivity index (χ3v) is 5.27. The number of aromatic nitrogens is 2. The molecule has 30 heavy (non-hydrogen) atoms. The van der Waals surface area contributed by atoms with Crippen LogP contribution in [0.4, 0.5) is 5.82 Å². The lowest BCUT2D eigenvalue weighted by atomic mass is 10.1. The molecule has 0 fully saturated rings. The van der Waals surface area contributed by atoms with Gasteiger partial charge in [0.15, 0.2) is 11.4 Å². The van der Waals surface area contributed by atoms with Crippen LogP contribution in [-0.4, -0.2) is 38.8 Å². The van der Waals surface area contributed by atoms with Gasteiger partial charge in [0.05, 0.1) is 5.71 Å². The molecule has 0 unspecified atom stereocenters. The van der Waals surface area contributed by atoms with Crippen LogP contribution in [0.3, 0.4) is 0 Å². The molecule has 4 aromatic rings. The molecule has 2 N–H and O–H groups in total. The van der Waals surface area contributed by atoms with E-state index in [2.05, 4.69) is 39.2 Å². The van der Waals surface area contributed by atoms with E-state index in [4.69, 9.17) is 4.42 Å². The quantitative estimate of drug-likeness (QED) is 0.342. The number of nitrogens with one attached hydrogen (secondary N) is 1. The van der Waals surface area contributed by atoms with Gasteiger partial charge in [-0.15, -0.1) is 0 Å². The fraction of sp³-hybridized carbons (Fsp3) is 0.261. The van der Waals surface area contributed by atoms with Gasteiger partial charge < -0.3 is 9.52 Å². The molecular weight excluding hydrogens is 378 g/mol. The molecule has 0 atom stereocenters. The second-order valence-corrected chi connectivity index (χ2v) is 7.11. The number of aromatic hydroxyl groups is 1. The lowest BCUT2D eigenvalue weighted by Crippen LogP contribution is -2.22. The van der Waals surface area contributed by atoms with Crippen LogP contribution in [0.25, 0.3) is 22.1 Å². The first-order valence-electron chi connectivity index (χ1n) is 10.1. The Bertz CT molecular complexity index is 1210. The van der Waals surface area contributed by atoms with E-state index >= 15 is 0 Å². The van der Waals surface area contributed by atoms with Gasteiger partial charge in [-0.05, 0) is 55.9 Å². The monoisotopic (exact) mass is 403 g/mol. The van der Waals surface area contributed by atoms with Gasteiger partial charge in [-0.3, -0.25) is 10.3 Å². The van der Waals surface area contributed by atoms with E-state index in [1.165, 1.54) is 6.33 Å². The van der Waals surface area contributed by atoms with Crippen molar-refractivity contribution < 1.29 is 9.52 Å².